The van der Waals surface area contributed by atoms with Gasteiger partial charge < -0.3 is 14.8 Å². The first kappa shape index (κ1) is 20.1. The fourth-order valence-electron chi connectivity index (χ4n) is 2.55. The van der Waals surface area contributed by atoms with Crippen molar-refractivity contribution >= 4 is 51.5 Å². The minimum absolute atomic E-state index is 0.445. The molecule has 0 atom stereocenters. The molecule has 0 amide bonds. The van der Waals surface area contributed by atoms with Crippen LogP contribution in [0.5, 0.6) is 11.5 Å². The molecule has 0 heterocycles. The van der Waals surface area contributed by atoms with Crippen molar-refractivity contribution in [2.45, 2.75) is 13.2 Å². The van der Waals surface area contributed by atoms with Gasteiger partial charge in [0.05, 0.1) is 21.4 Å². The van der Waals surface area contributed by atoms with Crippen LogP contribution in [0.2, 0.25) is 10.0 Å². The van der Waals surface area contributed by atoms with E-state index in [-0.39, 0.29) is 0 Å². The molecular formula is C21H18Cl2INO2. The zero-order valence-electron chi connectivity index (χ0n) is 14.6. The summed E-state index contributed by atoms with van der Waals surface area (Å²) in [5.41, 5.74) is 3.02. The van der Waals surface area contributed by atoms with E-state index in [0.717, 1.165) is 26.1 Å². The number of hydrogen-bond donors (Lipinski definition) is 1. The molecule has 0 spiro atoms. The van der Waals surface area contributed by atoms with Gasteiger partial charge in [0.1, 0.15) is 6.61 Å². The molecule has 3 aromatic rings. The van der Waals surface area contributed by atoms with Crippen molar-refractivity contribution in [2.24, 2.45) is 0 Å². The number of methoxy groups -OCH3 is 1. The van der Waals surface area contributed by atoms with E-state index in [0.29, 0.717) is 28.9 Å². The summed E-state index contributed by atoms with van der Waals surface area (Å²) in [5.74, 6) is 1.43. The second kappa shape index (κ2) is 9.53. The van der Waals surface area contributed by atoms with Gasteiger partial charge in [-0.2, -0.15) is 0 Å². The highest BCUT2D eigenvalue weighted by Gasteiger charge is 2.12. The molecule has 3 aromatic carbocycles. The van der Waals surface area contributed by atoms with Gasteiger partial charge in [-0.1, -0.05) is 47.5 Å². The van der Waals surface area contributed by atoms with E-state index in [1.807, 2.05) is 54.6 Å². The van der Waals surface area contributed by atoms with Crippen LogP contribution in [-0.2, 0) is 13.2 Å². The predicted octanol–water partition coefficient (Wildman–Crippen LogP) is 6.80. The third-order valence-corrected chi connectivity index (χ3v) is 5.33. The molecule has 0 radical (unpaired) electrons. The van der Waals surface area contributed by atoms with Gasteiger partial charge >= 0.3 is 0 Å². The molecule has 0 fully saturated rings. The summed E-state index contributed by atoms with van der Waals surface area (Å²) in [6.07, 6.45) is 0. The molecule has 140 valence electrons. The smallest absolute Gasteiger partial charge is 0.174 e. The summed E-state index contributed by atoms with van der Waals surface area (Å²) in [7, 11) is 1.64. The van der Waals surface area contributed by atoms with E-state index in [9.17, 15) is 0 Å². The van der Waals surface area contributed by atoms with Gasteiger partial charge in [-0.15, -0.1) is 0 Å². The maximum Gasteiger partial charge on any atom is 0.174 e. The van der Waals surface area contributed by atoms with Crippen molar-refractivity contribution in [3.8, 4) is 11.5 Å². The van der Waals surface area contributed by atoms with E-state index < -0.39 is 0 Å². The quantitative estimate of drug-likeness (QED) is 0.352. The molecule has 3 nitrogen and oxygen atoms in total. The number of anilines is 1. The minimum atomic E-state index is 0.445. The molecule has 0 aliphatic carbocycles. The van der Waals surface area contributed by atoms with Crippen LogP contribution in [0.1, 0.15) is 11.1 Å². The first-order chi connectivity index (χ1) is 13.1. The normalized spacial score (nSPS) is 10.5. The topological polar surface area (TPSA) is 30.5 Å². The summed E-state index contributed by atoms with van der Waals surface area (Å²) in [5, 5.41) is 4.75. The Bertz CT molecular complexity index is 917. The van der Waals surface area contributed by atoms with Crippen molar-refractivity contribution in [3.05, 3.63) is 85.4 Å². The average molecular weight is 514 g/mol. The minimum Gasteiger partial charge on any atom is -0.493 e. The van der Waals surface area contributed by atoms with E-state index in [1.165, 1.54) is 0 Å². The maximum atomic E-state index is 6.20. The van der Waals surface area contributed by atoms with Gasteiger partial charge in [0.25, 0.3) is 0 Å². The largest absolute Gasteiger partial charge is 0.493 e. The maximum absolute atomic E-state index is 6.20. The summed E-state index contributed by atoms with van der Waals surface area (Å²) < 4.78 is 12.5. The lowest BCUT2D eigenvalue weighted by Crippen LogP contribution is -2.04. The average Bonchev–Trinajstić information content (AvgIpc) is 2.67. The van der Waals surface area contributed by atoms with Gasteiger partial charge in [0, 0.05) is 11.6 Å². The number of hydrogen-bond acceptors (Lipinski definition) is 3. The number of benzene rings is 3. The summed E-state index contributed by atoms with van der Waals surface area (Å²) in [6, 6.07) is 19.3. The Labute approximate surface area is 182 Å². The lowest BCUT2D eigenvalue weighted by atomic mass is 10.2. The van der Waals surface area contributed by atoms with Gasteiger partial charge in [-0.05, 0) is 70.1 Å². The van der Waals surface area contributed by atoms with Crippen LogP contribution in [0.25, 0.3) is 0 Å². The Balaban J connectivity index is 1.72. The molecule has 1 N–H and O–H groups in total. The highest BCUT2D eigenvalue weighted by Crippen LogP contribution is 2.35. The monoisotopic (exact) mass is 513 g/mol. The Hall–Kier alpha value is -1.63. The molecule has 6 heteroatoms. The van der Waals surface area contributed by atoms with Crippen LogP contribution >= 0.6 is 45.8 Å². The fourth-order valence-corrected chi connectivity index (χ4v) is 3.70. The van der Waals surface area contributed by atoms with Crippen molar-refractivity contribution in [3.63, 3.8) is 0 Å². The molecular weight excluding hydrogens is 496 g/mol. The molecule has 0 aliphatic heterocycles. The number of nitrogens with one attached hydrogen (secondary N) is 1. The van der Waals surface area contributed by atoms with Crippen LogP contribution < -0.4 is 14.8 Å². The molecule has 0 saturated carbocycles. The molecule has 0 unspecified atom stereocenters. The number of para-hydroxylation sites is 1. The lowest BCUT2D eigenvalue weighted by molar-refractivity contribution is 0.282. The highest BCUT2D eigenvalue weighted by atomic mass is 127. The number of halogens is 3. The first-order valence-corrected chi connectivity index (χ1v) is 10.1. The van der Waals surface area contributed by atoms with Crippen LogP contribution in [0, 0.1) is 3.57 Å². The van der Waals surface area contributed by atoms with Crippen LogP contribution in [-0.4, -0.2) is 7.11 Å². The lowest BCUT2D eigenvalue weighted by Gasteiger charge is -2.15. The van der Waals surface area contributed by atoms with Crippen molar-refractivity contribution in [1.29, 1.82) is 0 Å². The molecule has 0 aliphatic rings. The predicted molar refractivity (Wildman–Crippen MR) is 120 cm³/mol. The second-order valence-corrected chi connectivity index (χ2v) is 7.86. The van der Waals surface area contributed by atoms with Gasteiger partial charge in [-0.3, -0.25) is 0 Å². The Morgan fingerprint density at radius 2 is 1.70 bits per heavy atom. The molecule has 0 aromatic heterocycles. The standard InChI is InChI=1S/C21H18Cl2INO2/c1-26-20-11-15(12-25-19-5-3-2-4-17(19)23)10-18(24)21(20)27-13-14-6-8-16(22)9-7-14/h2-11,25H,12-13H2,1H3. The van der Waals surface area contributed by atoms with Gasteiger partial charge in [-0.25, -0.2) is 0 Å². The molecule has 0 bridgehead atoms. The summed E-state index contributed by atoms with van der Waals surface area (Å²) in [4.78, 5) is 0. The number of ether oxygens (including phenoxy) is 2. The van der Waals surface area contributed by atoms with Crippen molar-refractivity contribution in [2.75, 3.05) is 12.4 Å². The summed E-state index contributed by atoms with van der Waals surface area (Å²) >= 11 is 14.4. The molecule has 3 rings (SSSR count). The Morgan fingerprint density at radius 1 is 0.963 bits per heavy atom. The van der Waals surface area contributed by atoms with E-state index >= 15 is 0 Å². The zero-order valence-corrected chi connectivity index (χ0v) is 18.3. The Kier molecular flexibility index (Phi) is 7.10. The van der Waals surface area contributed by atoms with E-state index in [1.54, 1.807) is 7.11 Å². The van der Waals surface area contributed by atoms with Crippen LogP contribution in [0.3, 0.4) is 0 Å². The first-order valence-electron chi connectivity index (χ1n) is 8.29. The van der Waals surface area contributed by atoms with Crippen LogP contribution in [0.4, 0.5) is 5.69 Å². The SMILES string of the molecule is COc1cc(CNc2ccccc2Cl)cc(I)c1OCc1ccc(Cl)cc1. The van der Waals surface area contributed by atoms with Crippen LogP contribution in [0.15, 0.2) is 60.7 Å². The highest BCUT2D eigenvalue weighted by molar-refractivity contribution is 14.1. The molecule has 27 heavy (non-hydrogen) atoms. The van der Waals surface area contributed by atoms with Crippen molar-refractivity contribution in [1.82, 2.24) is 0 Å². The third-order valence-electron chi connectivity index (χ3n) is 3.94. The van der Waals surface area contributed by atoms with Gasteiger partial charge in [0.2, 0.25) is 0 Å². The zero-order chi connectivity index (χ0) is 19.2. The Morgan fingerprint density at radius 3 is 2.41 bits per heavy atom. The fraction of sp³-hybridized carbons (Fsp3) is 0.143. The van der Waals surface area contributed by atoms with Crippen molar-refractivity contribution < 1.29 is 9.47 Å². The second-order valence-electron chi connectivity index (χ2n) is 5.86. The van der Waals surface area contributed by atoms with E-state index in [4.69, 9.17) is 32.7 Å². The molecule has 0 saturated heterocycles. The van der Waals surface area contributed by atoms with E-state index in [2.05, 4.69) is 34.0 Å². The summed E-state index contributed by atoms with van der Waals surface area (Å²) in [6.45, 7) is 1.08. The van der Waals surface area contributed by atoms with Gasteiger partial charge in [0.15, 0.2) is 11.5 Å². The third kappa shape index (κ3) is 5.43. The number of rotatable bonds is 7.